The minimum Gasteiger partial charge on any atom is -0.457 e. The molecule has 2 aliphatic rings. The molecular weight excluding hydrogens is 490 g/mol. The van der Waals surface area contributed by atoms with E-state index in [1.807, 2.05) is 24.3 Å². The predicted molar refractivity (Wildman–Crippen MR) is 161 cm³/mol. The minimum absolute atomic E-state index is 0.450. The topological polar surface area (TPSA) is 34.4 Å². The van der Waals surface area contributed by atoms with Crippen molar-refractivity contribution < 1.29 is 9.15 Å². The van der Waals surface area contributed by atoms with Crippen LogP contribution >= 0.6 is 0 Å². The molecule has 188 valence electrons. The molecule has 2 heterocycles. The highest BCUT2D eigenvalue weighted by molar-refractivity contribution is 6.09. The maximum Gasteiger partial charge on any atom is 0.158 e. The molecule has 1 aliphatic heterocycles. The maximum absolute atomic E-state index is 6.44. The molecule has 0 saturated heterocycles. The fraction of sp³-hybridized carbons (Fsp3) is 0.0270. The molecule has 3 nitrogen and oxygen atoms in total. The van der Waals surface area contributed by atoms with E-state index in [9.17, 15) is 0 Å². The third-order valence-electron chi connectivity index (χ3n) is 8.53. The second-order valence-corrected chi connectivity index (χ2v) is 10.6. The molecule has 0 atom stereocenters. The quantitative estimate of drug-likeness (QED) is 0.250. The predicted octanol–water partition coefficient (Wildman–Crippen LogP) is 9.80. The van der Waals surface area contributed by atoms with E-state index < -0.39 is 5.41 Å². The van der Waals surface area contributed by atoms with Crippen LogP contribution in [0, 0.1) is 0 Å². The maximum atomic E-state index is 6.44. The van der Waals surface area contributed by atoms with Gasteiger partial charge in [-0.15, -0.1) is 0 Å². The van der Waals surface area contributed by atoms with Crippen LogP contribution in [0.3, 0.4) is 0 Å². The average molecular weight is 514 g/mol. The lowest BCUT2D eigenvalue weighted by atomic mass is 9.66. The van der Waals surface area contributed by atoms with E-state index in [0.29, 0.717) is 0 Å². The van der Waals surface area contributed by atoms with E-state index in [4.69, 9.17) is 9.15 Å². The fourth-order valence-electron chi connectivity index (χ4n) is 6.94. The lowest BCUT2D eigenvalue weighted by Gasteiger charge is -2.39. The van der Waals surface area contributed by atoms with Crippen LogP contribution in [0.15, 0.2) is 138 Å². The van der Waals surface area contributed by atoms with Gasteiger partial charge in [-0.2, -0.15) is 0 Å². The van der Waals surface area contributed by atoms with Gasteiger partial charge in [-0.1, -0.05) is 97.1 Å². The highest BCUT2D eigenvalue weighted by Gasteiger charge is 2.50. The number of anilines is 2. The number of para-hydroxylation sites is 4. The van der Waals surface area contributed by atoms with Crippen molar-refractivity contribution in [3.63, 3.8) is 0 Å². The largest absolute Gasteiger partial charge is 0.457 e. The Morgan fingerprint density at radius 3 is 1.98 bits per heavy atom. The Kier molecular flexibility index (Phi) is 4.26. The number of hydrogen-bond donors (Lipinski definition) is 1. The van der Waals surface area contributed by atoms with Gasteiger partial charge in [-0.25, -0.2) is 0 Å². The molecule has 40 heavy (non-hydrogen) atoms. The van der Waals surface area contributed by atoms with Gasteiger partial charge in [-0.05, 0) is 58.7 Å². The number of rotatable bonds is 2. The zero-order valence-electron chi connectivity index (χ0n) is 21.5. The van der Waals surface area contributed by atoms with Crippen LogP contribution < -0.4 is 10.1 Å². The van der Waals surface area contributed by atoms with Crippen LogP contribution in [0.1, 0.15) is 22.3 Å². The first-order chi connectivity index (χ1) is 19.8. The van der Waals surface area contributed by atoms with Gasteiger partial charge >= 0.3 is 0 Å². The van der Waals surface area contributed by atoms with Crippen LogP contribution in [0.5, 0.6) is 11.5 Å². The average Bonchev–Trinajstić information content (AvgIpc) is 3.53. The Morgan fingerprint density at radius 2 is 1.15 bits per heavy atom. The summed E-state index contributed by atoms with van der Waals surface area (Å²) in [6, 6.07) is 47.0. The van der Waals surface area contributed by atoms with E-state index >= 15 is 0 Å². The van der Waals surface area contributed by atoms with Gasteiger partial charge in [0.2, 0.25) is 0 Å². The van der Waals surface area contributed by atoms with Gasteiger partial charge in [0, 0.05) is 27.6 Å². The summed E-state index contributed by atoms with van der Waals surface area (Å²) in [6.07, 6.45) is 0. The monoisotopic (exact) mass is 513 g/mol. The van der Waals surface area contributed by atoms with Gasteiger partial charge in [0.1, 0.15) is 17.1 Å². The normalized spacial score (nSPS) is 13.9. The van der Waals surface area contributed by atoms with Crippen LogP contribution in [-0.4, -0.2) is 0 Å². The van der Waals surface area contributed by atoms with Crippen molar-refractivity contribution in [2.75, 3.05) is 5.32 Å². The lowest BCUT2D eigenvalue weighted by molar-refractivity contribution is 0.436. The Morgan fingerprint density at radius 1 is 0.500 bits per heavy atom. The molecule has 0 bridgehead atoms. The van der Waals surface area contributed by atoms with Crippen LogP contribution in [0.25, 0.3) is 33.1 Å². The number of fused-ring (bicyclic) bond motifs is 12. The van der Waals surface area contributed by atoms with Gasteiger partial charge in [0.25, 0.3) is 0 Å². The molecule has 0 unspecified atom stereocenters. The van der Waals surface area contributed by atoms with E-state index in [2.05, 4.69) is 115 Å². The summed E-state index contributed by atoms with van der Waals surface area (Å²) in [7, 11) is 0. The molecule has 0 fully saturated rings. The number of benzene rings is 6. The molecule has 1 N–H and O–H groups in total. The standard InChI is InChI=1S/C37H23NO2/c1-3-13-28-24(10-1)27-22-23(38-32-16-9-12-26-25-11-2-6-17-33(25)40-36(26)32)20-21-29(27)37(28)30-14-4-7-18-34(30)39-35-19-8-5-15-31(35)37/h1-22,38H. The molecule has 0 radical (unpaired) electrons. The van der Waals surface area contributed by atoms with Gasteiger partial charge in [-0.3, -0.25) is 0 Å². The van der Waals surface area contributed by atoms with Crippen molar-refractivity contribution in [2.24, 2.45) is 0 Å². The summed E-state index contributed by atoms with van der Waals surface area (Å²) in [6.45, 7) is 0. The molecule has 0 amide bonds. The smallest absolute Gasteiger partial charge is 0.158 e. The van der Waals surface area contributed by atoms with E-state index in [0.717, 1.165) is 44.8 Å². The van der Waals surface area contributed by atoms with Gasteiger partial charge < -0.3 is 14.5 Å². The van der Waals surface area contributed by atoms with Crippen LogP contribution in [0.2, 0.25) is 0 Å². The molecule has 9 rings (SSSR count). The highest BCUT2D eigenvalue weighted by Crippen LogP contribution is 2.62. The number of ether oxygens (including phenoxy) is 1. The Bertz CT molecular complexity index is 2090. The Balaban J connectivity index is 1.27. The van der Waals surface area contributed by atoms with Crippen LogP contribution in [-0.2, 0) is 5.41 Å². The number of nitrogens with one attached hydrogen (secondary N) is 1. The summed E-state index contributed by atoms with van der Waals surface area (Å²) in [5, 5.41) is 5.92. The van der Waals surface area contributed by atoms with Crippen molar-refractivity contribution >= 4 is 33.3 Å². The molecule has 1 spiro atoms. The summed E-state index contributed by atoms with van der Waals surface area (Å²) < 4.78 is 12.7. The summed E-state index contributed by atoms with van der Waals surface area (Å²) in [4.78, 5) is 0. The van der Waals surface area contributed by atoms with Crippen molar-refractivity contribution in [3.8, 4) is 22.6 Å². The van der Waals surface area contributed by atoms with E-state index in [-0.39, 0.29) is 0 Å². The second-order valence-electron chi connectivity index (χ2n) is 10.6. The third-order valence-corrected chi connectivity index (χ3v) is 8.53. The van der Waals surface area contributed by atoms with Crippen molar-refractivity contribution in [2.45, 2.75) is 5.41 Å². The molecule has 7 aromatic rings. The first-order valence-corrected chi connectivity index (χ1v) is 13.6. The summed E-state index contributed by atoms with van der Waals surface area (Å²) >= 11 is 0. The molecule has 1 aliphatic carbocycles. The van der Waals surface area contributed by atoms with Crippen molar-refractivity contribution in [1.29, 1.82) is 0 Å². The van der Waals surface area contributed by atoms with E-state index in [1.165, 1.54) is 33.4 Å². The first kappa shape index (κ1) is 21.6. The SMILES string of the molecule is c1ccc2c(c1)Oc1ccccc1C21c2ccccc2-c2cc(Nc3cccc4c3oc3ccccc34)ccc21. The van der Waals surface area contributed by atoms with Crippen molar-refractivity contribution in [1.82, 2.24) is 0 Å². The molecule has 0 saturated carbocycles. The van der Waals surface area contributed by atoms with Gasteiger partial charge in [0.15, 0.2) is 5.58 Å². The number of furan rings is 1. The zero-order valence-corrected chi connectivity index (χ0v) is 21.5. The van der Waals surface area contributed by atoms with Crippen LogP contribution in [0.4, 0.5) is 11.4 Å². The molecule has 3 heteroatoms. The Labute approximate surface area is 231 Å². The number of hydrogen-bond acceptors (Lipinski definition) is 3. The first-order valence-electron chi connectivity index (χ1n) is 13.6. The zero-order chi connectivity index (χ0) is 26.3. The van der Waals surface area contributed by atoms with E-state index in [1.54, 1.807) is 0 Å². The van der Waals surface area contributed by atoms with Crippen molar-refractivity contribution in [3.05, 3.63) is 156 Å². The molecule has 6 aromatic carbocycles. The minimum atomic E-state index is -0.450. The fourth-order valence-corrected chi connectivity index (χ4v) is 6.94. The van der Waals surface area contributed by atoms with Gasteiger partial charge in [0.05, 0.1) is 11.1 Å². The molecule has 1 aromatic heterocycles. The highest BCUT2D eigenvalue weighted by atomic mass is 16.5. The lowest BCUT2D eigenvalue weighted by Crippen LogP contribution is -2.32. The molecular formula is C37H23NO2. The summed E-state index contributed by atoms with van der Waals surface area (Å²) in [5.74, 6) is 1.81. The Hall–Kier alpha value is -5.28. The summed E-state index contributed by atoms with van der Waals surface area (Å²) in [5.41, 5.74) is 10.7. The second kappa shape index (κ2) is 7.87. The third kappa shape index (κ3) is 2.73.